The zero-order valence-corrected chi connectivity index (χ0v) is 19.2. The van der Waals surface area contributed by atoms with Crippen LogP contribution in [-0.4, -0.2) is 43.2 Å². The Kier molecular flexibility index (Phi) is 8.52. The Morgan fingerprint density at radius 2 is 1.83 bits per heavy atom. The highest BCUT2D eigenvalue weighted by atomic mass is 32.2. The van der Waals surface area contributed by atoms with Gasteiger partial charge in [-0.15, -0.1) is 0 Å². The zero-order chi connectivity index (χ0) is 21.3. The lowest BCUT2D eigenvalue weighted by Gasteiger charge is -2.16. The molecule has 0 aliphatic carbocycles. The second kappa shape index (κ2) is 11.3. The minimum absolute atomic E-state index is 0.0204. The third kappa shape index (κ3) is 5.96. The molecule has 0 atom stereocenters. The lowest BCUT2D eigenvalue weighted by molar-refractivity contribution is 0.0952. The lowest BCUT2D eigenvalue weighted by atomic mass is 10.1. The number of nitrogens with one attached hydrogen (secondary N) is 1. The first kappa shape index (κ1) is 22.6. The summed E-state index contributed by atoms with van der Waals surface area (Å²) in [4.78, 5) is 22.3. The summed E-state index contributed by atoms with van der Waals surface area (Å²) in [6.07, 6.45) is 5.37. The molecule has 0 saturated heterocycles. The van der Waals surface area contributed by atoms with E-state index in [2.05, 4.69) is 55.4 Å². The number of benzene rings is 2. The van der Waals surface area contributed by atoms with Gasteiger partial charge in [-0.25, -0.2) is 0 Å². The molecular weight excluding hydrogens is 390 g/mol. The van der Waals surface area contributed by atoms with Crippen LogP contribution >= 0.6 is 11.8 Å². The monoisotopic (exact) mass is 423 g/mol. The van der Waals surface area contributed by atoms with Crippen LogP contribution in [0.3, 0.4) is 0 Å². The van der Waals surface area contributed by atoms with E-state index in [1.54, 1.807) is 11.8 Å². The molecule has 0 bridgehead atoms. The second-order valence-electron chi connectivity index (χ2n) is 7.86. The maximum absolute atomic E-state index is 12.7. The van der Waals surface area contributed by atoms with Gasteiger partial charge in [-0.05, 0) is 63.7 Å². The molecule has 0 unspecified atom stereocenters. The summed E-state index contributed by atoms with van der Waals surface area (Å²) in [5, 5.41) is 3.07. The van der Waals surface area contributed by atoms with Crippen molar-refractivity contribution in [3.05, 3.63) is 53.6 Å². The maximum atomic E-state index is 12.7. The largest absolute Gasteiger partial charge is 0.352 e. The van der Waals surface area contributed by atoms with Crippen LogP contribution in [0.4, 0.5) is 5.69 Å². The van der Waals surface area contributed by atoms with Crippen LogP contribution < -0.4 is 5.32 Å². The van der Waals surface area contributed by atoms with Crippen LogP contribution in [0.25, 0.3) is 0 Å². The van der Waals surface area contributed by atoms with Crippen molar-refractivity contribution in [1.29, 1.82) is 0 Å². The molecular formula is C25H33N3OS. The fourth-order valence-electron chi connectivity index (χ4n) is 3.57. The van der Waals surface area contributed by atoms with Gasteiger partial charge in [-0.3, -0.25) is 9.79 Å². The summed E-state index contributed by atoms with van der Waals surface area (Å²) in [6, 6.07) is 14.3. The highest BCUT2D eigenvalue weighted by Gasteiger charge is 2.18. The topological polar surface area (TPSA) is 44.7 Å². The first-order valence-electron chi connectivity index (χ1n) is 11.1. The average Bonchev–Trinajstić information content (AvgIpc) is 2.91. The molecule has 5 heteroatoms. The number of carbonyl (C=O) groups excluding carboxylic acids is 1. The van der Waals surface area contributed by atoms with Crippen LogP contribution in [0.15, 0.2) is 57.2 Å². The molecule has 4 nitrogen and oxygen atoms in total. The van der Waals surface area contributed by atoms with E-state index in [9.17, 15) is 4.79 Å². The van der Waals surface area contributed by atoms with E-state index in [4.69, 9.17) is 4.99 Å². The number of rotatable bonds is 10. The molecule has 1 N–H and O–H groups in total. The highest BCUT2D eigenvalue weighted by molar-refractivity contribution is 7.99. The molecule has 0 fully saturated rings. The van der Waals surface area contributed by atoms with Gasteiger partial charge in [0, 0.05) is 33.2 Å². The number of fused-ring (bicyclic) bond motifs is 2. The summed E-state index contributed by atoms with van der Waals surface area (Å²) in [6.45, 7) is 7.20. The van der Waals surface area contributed by atoms with E-state index in [0.717, 1.165) is 48.6 Å². The summed E-state index contributed by atoms with van der Waals surface area (Å²) >= 11 is 1.73. The van der Waals surface area contributed by atoms with E-state index >= 15 is 0 Å². The summed E-state index contributed by atoms with van der Waals surface area (Å²) in [5.74, 6) is -0.0204. The van der Waals surface area contributed by atoms with Gasteiger partial charge in [-0.2, -0.15) is 0 Å². The molecule has 2 aromatic rings. The molecule has 0 aromatic heterocycles. The van der Waals surface area contributed by atoms with Crippen molar-refractivity contribution < 1.29 is 4.79 Å². The number of unbranched alkanes of at least 4 members (excludes halogenated alkanes) is 1. The van der Waals surface area contributed by atoms with Crippen LogP contribution in [0.1, 0.15) is 61.9 Å². The number of hydrogen-bond acceptors (Lipinski definition) is 4. The SMILES string of the molecule is CCCCN(C)CCCNC(=O)c1ccc2c(c1)N=C(CCC)c1ccccc1S2. The quantitative estimate of drug-likeness (QED) is 0.482. The number of nitrogens with zero attached hydrogens (tertiary/aromatic N) is 2. The standard InChI is InChI=1S/C25H33N3OS/c1-4-6-16-28(3)17-9-15-26-25(29)19-13-14-24-22(18-19)27-21(10-5-2)20-11-7-8-12-23(20)30-24/h7-8,11-14,18H,4-6,9-10,15-17H2,1-3H3,(H,26,29). The minimum atomic E-state index is -0.0204. The molecule has 3 rings (SSSR count). The average molecular weight is 424 g/mol. The van der Waals surface area contributed by atoms with Crippen molar-refractivity contribution in [2.75, 3.05) is 26.7 Å². The van der Waals surface area contributed by atoms with Crippen molar-refractivity contribution in [3.63, 3.8) is 0 Å². The molecule has 1 aliphatic heterocycles. The van der Waals surface area contributed by atoms with E-state index in [0.29, 0.717) is 12.1 Å². The Bertz CT molecular complexity index is 894. The van der Waals surface area contributed by atoms with Crippen LogP contribution in [0.2, 0.25) is 0 Å². The number of hydrogen-bond donors (Lipinski definition) is 1. The van der Waals surface area contributed by atoms with Crippen molar-refractivity contribution in [2.24, 2.45) is 4.99 Å². The van der Waals surface area contributed by atoms with E-state index in [1.807, 2.05) is 18.2 Å². The maximum Gasteiger partial charge on any atom is 0.251 e. The van der Waals surface area contributed by atoms with Gasteiger partial charge in [0.2, 0.25) is 0 Å². The molecule has 160 valence electrons. The van der Waals surface area contributed by atoms with Crippen molar-refractivity contribution in [1.82, 2.24) is 10.2 Å². The molecule has 1 amide bonds. The zero-order valence-electron chi connectivity index (χ0n) is 18.4. The van der Waals surface area contributed by atoms with E-state index in [1.165, 1.54) is 23.3 Å². The van der Waals surface area contributed by atoms with E-state index < -0.39 is 0 Å². The van der Waals surface area contributed by atoms with Crippen LogP contribution in [0.5, 0.6) is 0 Å². The Morgan fingerprint density at radius 3 is 2.63 bits per heavy atom. The molecule has 0 spiro atoms. The fourth-order valence-corrected chi connectivity index (χ4v) is 4.60. The molecule has 30 heavy (non-hydrogen) atoms. The third-order valence-corrected chi connectivity index (χ3v) is 6.42. The lowest BCUT2D eigenvalue weighted by Crippen LogP contribution is -2.28. The van der Waals surface area contributed by atoms with Crippen LogP contribution in [0, 0.1) is 0 Å². The Balaban J connectivity index is 1.67. The summed E-state index contributed by atoms with van der Waals surface area (Å²) in [5.41, 5.74) is 3.89. The smallest absolute Gasteiger partial charge is 0.251 e. The highest BCUT2D eigenvalue weighted by Crippen LogP contribution is 2.41. The molecule has 1 aliphatic rings. The molecule has 0 radical (unpaired) electrons. The Hall–Kier alpha value is -2.11. The van der Waals surface area contributed by atoms with Crippen molar-refractivity contribution in [3.8, 4) is 0 Å². The van der Waals surface area contributed by atoms with Gasteiger partial charge in [0.25, 0.3) is 5.91 Å². The first-order valence-corrected chi connectivity index (χ1v) is 11.9. The van der Waals surface area contributed by atoms with Gasteiger partial charge < -0.3 is 10.2 Å². The second-order valence-corrected chi connectivity index (χ2v) is 8.94. The number of carbonyl (C=O) groups is 1. The molecule has 1 heterocycles. The Labute approximate surface area is 185 Å². The normalized spacial score (nSPS) is 12.7. The minimum Gasteiger partial charge on any atom is -0.352 e. The predicted molar refractivity (Wildman–Crippen MR) is 127 cm³/mol. The number of amides is 1. The number of aliphatic imine (C=N–C) groups is 1. The van der Waals surface area contributed by atoms with Gasteiger partial charge in [0.05, 0.1) is 5.69 Å². The van der Waals surface area contributed by atoms with Crippen molar-refractivity contribution >= 4 is 29.1 Å². The summed E-state index contributed by atoms with van der Waals surface area (Å²) in [7, 11) is 2.14. The Morgan fingerprint density at radius 1 is 1.03 bits per heavy atom. The van der Waals surface area contributed by atoms with Crippen molar-refractivity contribution in [2.45, 2.75) is 55.7 Å². The van der Waals surface area contributed by atoms with Gasteiger partial charge >= 0.3 is 0 Å². The van der Waals surface area contributed by atoms with Gasteiger partial charge in [0.15, 0.2) is 0 Å². The molecule has 2 aromatic carbocycles. The van der Waals surface area contributed by atoms with Gasteiger partial charge in [-0.1, -0.05) is 56.7 Å². The van der Waals surface area contributed by atoms with E-state index in [-0.39, 0.29) is 5.91 Å². The molecule has 0 saturated carbocycles. The van der Waals surface area contributed by atoms with Gasteiger partial charge in [0.1, 0.15) is 0 Å². The summed E-state index contributed by atoms with van der Waals surface area (Å²) < 4.78 is 0. The first-order chi connectivity index (χ1) is 14.6. The predicted octanol–water partition coefficient (Wildman–Crippen LogP) is 5.92. The fraction of sp³-hybridized carbons (Fsp3) is 0.440. The third-order valence-electron chi connectivity index (χ3n) is 5.28. The van der Waals surface area contributed by atoms with Crippen LogP contribution in [-0.2, 0) is 0 Å².